The van der Waals surface area contributed by atoms with Gasteiger partial charge in [-0.25, -0.2) is 0 Å². The van der Waals surface area contributed by atoms with E-state index in [1.165, 1.54) is 11.8 Å². The average Bonchev–Trinajstić information content (AvgIpc) is 2.64. The molecule has 0 amide bonds. The first-order chi connectivity index (χ1) is 12.7. The lowest BCUT2D eigenvalue weighted by molar-refractivity contribution is -0.181. The summed E-state index contributed by atoms with van der Waals surface area (Å²) in [6.45, 7) is 5.42. The summed E-state index contributed by atoms with van der Waals surface area (Å²) < 4.78 is 38.6. The Morgan fingerprint density at radius 2 is 1.79 bits per heavy atom. The van der Waals surface area contributed by atoms with Gasteiger partial charge in [0.25, 0.3) is 0 Å². The average molecular weight is 535 g/mol. The van der Waals surface area contributed by atoms with Crippen molar-refractivity contribution >= 4 is 41.5 Å². The van der Waals surface area contributed by atoms with Crippen molar-refractivity contribution in [1.29, 1.82) is 0 Å². The fraction of sp³-hybridized carbons (Fsp3) is 0.611. The molecule has 1 aromatic carbocycles. The molecule has 2 unspecified atom stereocenters. The molecule has 0 bridgehead atoms. The van der Waals surface area contributed by atoms with Crippen molar-refractivity contribution in [1.82, 2.24) is 15.1 Å². The summed E-state index contributed by atoms with van der Waals surface area (Å²) in [5.41, 5.74) is 0.711. The Labute approximate surface area is 186 Å². The minimum Gasteiger partial charge on any atom is -0.386 e. The fourth-order valence-electron chi connectivity index (χ4n) is 2.92. The third kappa shape index (κ3) is 7.23. The zero-order valence-electron chi connectivity index (χ0n) is 15.9. The highest BCUT2D eigenvalue weighted by molar-refractivity contribution is 14.0. The van der Waals surface area contributed by atoms with Gasteiger partial charge < -0.3 is 15.3 Å². The van der Waals surface area contributed by atoms with Crippen molar-refractivity contribution in [2.24, 2.45) is 4.99 Å². The van der Waals surface area contributed by atoms with Gasteiger partial charge in [-0.3, -0.25) is 9.89 Å². The highest BCUT2D eigenvalue weighted by Gasteiger charge is 2.41. The van der Waals surface area contributed by atoms with E-state index in [1.54, 1.807) is 24.3 Å². The van der Waals surface area contributed by atoms with Crippen molar-refractivity contribution in [3.63, 3.8) is 0 Å². The monoisotopic (exact) mass is 534 g/mol. The van der Waals surface area contributed by atoms with E-state index in [-0.39, 0.29) is 30.5 Å². The minimum atomic E-state index is -4.22. The second-order valence-corrected chi connectivity index (χ2v) is 6.94. The minimum absolute atomic E-state index is 0. The van der Waals surface area contributed by atoms with Gasteiger partial charge in [0.15, 0.2) is 5.96 Å². The predicted molar refractivity (Wildman–Crippen MR) is 116 cm³/mol. The first kappa shape index (κ1) is 25.3. The number of halogens is 5. The maximum Gasteiger partial charge on any atom is 0.403 e. The molecule has 160 valence electrons. The first-order valence-electron chi connectivity index (χ1n) is 9.00. The molecular weight excluding hydrogens is 508 g/mol. The number of nitrogens with one attached hydrogen (secondary N) is 1. The van der Waals surface area contributed by atoms with Crippen LogP contribution in [0.3, 0.4) is 0 Å². The third-order valence-corrected chi connectivity index (χ3v) is 4.89. The van der Waals surface area contributed by atoms with Crippen LogP contribution in [0.2, 0.25) is 5.02 Å². The molecule has 10 heteroatoms. The SMILES string of the molecule is CCNC(=NCC(O)c1ccc(Cl)cc1)N1CCN(C(C)C(F)(F)F)CC1.I. The zero-order valence-corrected chi connectivity index (χ0v) is 19.0. The largest absolute Gasteiger partial charge is 0.403 e. The second kappa shape index (κ2) is 11.4. The van der Waals surface area contributed by atoms with Crippen LogP contribution in [-0.4, -0.2) is 72.4 Å². The maximum atomic E-state index is 12.9. The van der Waals surface area contributed by atoms with Crippen LogP contribution in [0, 0.1) is 0 Å². The van der Waals surface area contributed by atoms with Gasteiger partial charge in [-0.05, 0) is 31.5 Å². The molecule has 1 aliphatic heterocycles. The normalized spacial score (nSPS) is 18.4. The van der Waals surface area contributed by atoms with Crippen LogP contribution in [0.25, 0.3) is 0 Å². The number of nitrogens with zero attached hydrogens (tertiary/aromatic N) is 3. The Kier molecular flexibility index (Phi) is 10.3. The molecule has 1 fully saturated rings. The van der Waals surface area contributed by atoms with Crippen LogP contribution in [0.15, 0.2) is 29.3 Å². The summed E-state index contributed by atoms with van der Waals surface area (Å²) in [5.74, 6) is 0.602. The maximum absolute atomic E-state index is 12.9. The standard InChI is InChI=1S/C18H26ClF3N4O.HI/c1-3-23-17(24-12-16(27)14-4-6-15(19)7-5-14)26-10-8-25(9-11-26)13(2)18(20,21)22;/h4-7,13,16,27H,3,8-12H2,1-2H3,(H,23,24);1H. The number of benzene rings is 1. The highest BCUT2D eigenvalue weighted by Crippen LogP contribution is 2.25. The Morgan fingerprint density at radius 1 is 1.21 bits per heavy atom. The van der Waals surface area contributed by atoms with Crippen molar-refractivity contribution in [3.8, 4) is 0 Å². The van der Waals surface area contributed by atoms with Gasteiger partial charge in [0, 0.05) is 37.7 Å². The Bertz CT molecular complexity index is 622. The van der Waals surface area contributed by atoms with Gasteiger partial charge in [0.05, 0.1) is 12.6 Å². The van der Waals surface area contributed by atoms with Crippen LogP contribution >= 0.6 is 35.6 Å². The van der Waals surface area contributed by atoms with E-state index in [4.69, 9.17) is 11.6 Å². The van der Waals surface area contributed by atoms with Gasteiger partial charge in [-0.15, -0.1) is 24.0 Å². The number of aliphatic imine (C=N–C) groups is 1. The quantitative estimate of drug-likeness (QED) is 0.345. The molecule has 1 aromatic rings. The van der Waals surface area contributed by atoms with E-state index < -0.39 is 18.3 Å². The molecule has 1 heterocycles. The number of guanidine groups is 1. The Balaban J connectivity index is 0.00000392. The molecule has 5 nitrogen and oxygen atoms in total. The lowest BCUT2D eigenvalue weighted by Gasteiger charge is -2.39. The number of rotatable bonds is 5. The van der Waals surface area contributed by atoms with Crippen molar-refractivity contribution < 1.29 is 18.3 Å². The number of piperazine rings is 1. The lowest BCUT2D eigenvalue weighted by Crippen LogP contribution is -2.56. The number of aliphatic hydroxyl groups excluding tert-OH is 1. The molecule has 1 saturated heterocycles. The van der Waals surface area contributed by atoms with Crippen LogP contribution in [0.5, 0.6) is 0 Å². The van der Waals surface area contributed by atoms with E-state index in [2.05, 4.69) is 10.3 Å². The number of hydrogen-bond acceptors (Lipinski definition) is 3. The molecule has 0 aliphatic carbocycles. The molecular formula is C18H27ClF3IN4O. The smallest absolute Gasteiger partial charge is 0.386 e. The first-order valence-corrected chi connectivity index (χ1v) is 9.37. The van der Waals surface area contributed by atoms with Crippen LogP contribution in [-0.2, 0) is 0 Å². The molecule has 2 atom stereocenters. The molecule has 2 N–H and O–H groups in total. The van der Waals surface area contributed by atoms with E-state index >= 15 is 0 Å². The van der Waals surface area contributed by atoms with E-state index in [9.17, 15) is 18.3 Å². The van der Waals surface area contributed by atoms with E-state index in [0.29, 0.717) is 49.3 Å². The molecule has 0 saturated carbocycles. The topological polar surface area (TPSA) is 51.1 Å². The van der Waals surface area contributed by atoms with E-state index in [0.717, 1.165) is 0 Å². The van der Waals surface area contributed by atoms with Crippen molar-refractivity contribution in [2.45, 2.75) is 32.2 Å². The van der Waals surface area contributed by atoms with Crippen molar-refractivity contribution in [2.75, 3.05) is 39.3 Å². The summed E-state index contributed by atoms with van der Waals surface area (Å²) in [6.07, 6.45) is -4.99. The van der Waals surface area contributed by atoms with Gasteiger partial charge >= 0.3 is 6.18 Å². The van der Waals surface area contributed by atoms with Gasteiger partial charge in [0.1, 0.15) is 6.04 Å². The number of alkyl halides is 3. The Hall–Kier alpha value is -0.780. The fourth-order valence-corrected chi connectivity index (χ4v) is 3.04. The predicted octanol–water partition coefficient (Wildman–Crippen LogP) is 3.53. The summed E-state index contributed by atoms with van der Waals surface area (Å²) in [4.78, 5) is 7.82. The molecule has 0 radical (unpaired) electrons. The Morgan fingerprint density at radius 3 is 2.29 bits per heavy atom. The van der Waals surface area contributed by atoms with Gasteiger partial charge in [0.2, 0.25) is 0 Å². The molecule has 28 heavy (non-hydrogen) atoms. The van der Waals surface area contributed by atoms with Crippen LogP contribution in [0.4, 0.5) is 13.2 Å². The van der Waals surface area contributed by atoms with Gasteiger partial charge in [-0.2, -0.15) is 13.2 Å². The molecule has 2 rings (SSSR count). The summed E-state index contributed by atoms with van der Waals surface area (Å²) in [7, 11) is 0. The third-order valence-electron chi connectivity index (χ3n) is 4.64. The molecule has 0 spiro atoms. The van der Waals surface area contributed by atoms with Crippen LogP contribution in [0.1, 0.15) is 25.5 Å². The lowest BCUT2D eigenvalue weighted by atomic mass is 10.1. The summed E-state index contributed by atoms with van der Waals surface area (Å²) in [5, 5.41) is 14.0. The van der Waals surface area contributed by atoms with Crippen molar-refractivity contribution in [3.05, 3.63) is 34.9 Å². The number of hydrogen-bond donors (Lipinski definition) is 2. The second-order valence-electron chi connectivity index (χ2n) is 6.50. The number of aliphatic hydroxyl groups is 1. The summed E-state index contributed by atoms with van der Waals surface area (Å²) in [6, 6.07) is 5.44. The summed E-state index contributed by atoms with van der Waals surface area (Å²) >= 11 is 5.85. The highest BCUT2D eigenvalue weighted by atomic mass is 127. The zero-order chi connectivity index (χ0) is 20.0. The molecule has 0 aromatic heterocycles. The van der Waals surface area contributed by atoms with Gasteiger partial charge in [-0.1, -0.05) is 23.7 Å². The van der Waals surface area contributed by atoms with E-state index in [1.807, 2.05) is 11.8 Å². The van der Waals surface area contributed by atoms with Crippen LogP contribution < -0.4 is 5.32 Å². The molecule has 1 aliphatic rings.